The number of hydrogen-bond acceptors (Lipinski definition) is 4. The van der Waals surface area contributed by atoms with Crippen molar-refractivity contribution in [3.05, 3.63) is 36.7 Å². The number of para-hydroxylation sites is 1. The summed E-state index contributed by atoms with van der Waals surface area (Å²) < 4.78 is 0. The Morgan fingerprint density at radius 3 is 2.88 bits per heavy atom. The van der Waals surface area contributed by atoms with Crippen LogP contribution in [0.1, 0.15) is 6.92 Å². The van der Waals surface area contributed by atoms with Crippen LogP contribution in [0.25, 0.3) is 0 Å². The van der Waals surface area contributed by atoms with Crippen molar-refractivity contribution >= 4 is 17.4 Å². The maximum absolute atomic E-state index is 4.08. The lowest BCUT2D eigenvalue weighted by atomic mass is 10.3. The van der Waals surface area contributed by atoms with Gasteiger partial charge in [0.15, 0.2) is 5.16 Å². The Morgan fingerprint density at radius 1 is 1.38 bits per heavy atom. The molecule has 4 nitrogen and oxygen atoms in total. The van der Waals surface area contributed by atoms with E-state index in [0.717, 1.165) is 17.4 Å². The summed E-state index contributed by atoms with van der Waals surface area (Å²) in [5.41, 5.74) is 1.15. The van der Waals surface area contributed by atoms with Gasteiger partial charge in [0, 0.05) is 17.5 Å². The van der Waals surface area contributed by atoms with Crippen LogP contribution in [0.15, 0.2) is 41.8 Å². The molecule has 84 valence electrons. The molecule has 0 fully saturated rings. The standard InChI is InChI=1S/C11H14N4S/c1-9(16-11-13-8-14-15-11)7-12-10-5-3-2-4-6-10/h2-6,8-9,12H,7H2,1H3,(H,13,14,15). The summed E-state index contributed by atoms with van der Waals surface area (Å²) >= 11 is 1.68. The van der Waals surface area contributed by atoms with Gasteiger partial charge in [0.2, 0.25) is 0 Å². The second-order valence-corrected chi connectivity index (χ2v) is 4.89. The average molecular weight is 234 g/mol. The SMILES string of the molecule is CC(CNc1ccccc1)Sc1ncn[nH]1. The third-order valence-electron chi connectivity index (χ3n) is 2.07. The molecule has 0 aliphatic heterocycles. The highest BCUT2D eigenvalue weighted by atomic mass is 32.2. The minimum atomic E-state index is 0.438. The monoisotopic (exact) mass is 234 g/mol. The van der Waals surface area contributed by atoms with Crippen LogP contribution in [0.3, 0.4) is 0 Å². The number of nitrogens with one attached hydrogen (secondary N) is 2. The Bertz CT molecular complexity index is 401. The van der Waals surface area contributed by atoms with Crippen LogP contribution in [-0.4, -0.2) is 27.0 Å². The first kappa shape index (κ1) is 11.0. The third-order valence-corrected chi connectivity index (χ3v) is 3.06. The van der Waals surface area contributed by atoms with E-state index >= 15 is 0 Å². The fraction of sp³-hybridized carbons (Fsp3) is 0.273. The Morgan fingerprint density at radius 2 is 2.19 bits per heavy atom. The first-order valence-corrected chi connectivity index (χ1v) is 6.03. The topological polar surface area (TPSA) is 53.6 Å². The van der Waals surface area contributed by atoms with Gasteiger partial charge in [0.1, 0.15) is 6.33 Å². The highest BCUT2D eigenvalue weighted by molar-refractivity contribution is 7.99. The molecule has 0 radical (unpaired) electrons. The molecule has 1 aromatic carbocycles. The van der Waals surface area contributed by atoms with E-state index in [1.807, 2.05) is 18.2 Å². The van der Waals surface area contributed by atoms with E-state index in [-0.39, 0.29) is 0 Å². The molecule has 2 rings (SSSR count). The molecule has 0 amide bonds. The molecule has 0 spiro atoms. The van der Waals surface area contributed by atoms with Crippen molar-refractivity contribution in [3.8, 4) is 0 Å². The van der Waals surface area contributed by atoms with Crippen molar-refractivity contribution in [2.45, 2.75) is 17.3 Å². The molecule has 16 heavy (non-hydrogen) atoms. The van der Waals surface area contributed by atoms with Crippen LogP contribution in [0.4, 0.5) is 5.69 Å². The number of aromatic amines is 1. The van der Waals surface area contributed by atoms with E-state index in [0.29, 0.717) is 5.25 Å². The summed E-state index contributed by atoms with van der Waals surface area (Å²) in [6.45, 7) is 3.05. The number of anilines is 1. The fourth-order valence-electron chi connectivity index (χ4n) is 1.30. The summed E-state index contributed by atoms with van der Waals surface area (Å²) in [7, 11) is 0. The van der Waals surface area contributed by atoms with E-state index in [2.05, 4.69) is 39.6 Å². The molecule has 0 aliphatic rings. The predicted molar refractivity (Wildman–Crippen MR) is 66.6 cm³/mol. The van der Waals surface area contributed by atoms with E-state index in [4.69, 9.17) is 0 Å². The Labute approximate surface area is 98.9 Å². The average Bonchev–Trinajstić information content (AvgIpc) is 2.81. The second kappa shape index (κ2) is 5.55. The largest absolute Gasteiger partial charge is 0.384 e. The molecule has 1 aromatic heterocycles. The molecule has 1 heterocycles. The maximum Gasteiger partial charge on any atom is 0.183 e. The predicted octanol–water partition coefficient (Wildman–Crippen LogP) is 2.40. The molecule has 0 saturated heterocycles. The lowest BCUT2D eigenvalue weighted by molar-refractivity contribution is 0.943. The summed E-state index contributed by atoms with van der Waals surface area (Å²) in [6, 6.07) is 10.2. The van der Waals surface area contributed by atoms with Crippen LogP contribution in [0, 0.1) is 0 Å². The zero-order valence-electron chi connectivity index (χ0n) is 9.05. The summed E-state index contributed by atoms with van der Waals surface area (Å²) in [4.78, 5) is 4.08. The molecule has 1 atom stereocenters. The Kier molecular flexibility index (Phi) is 3.82. The van der Waals surface area contributed by atoms with Gasteiger partial charge < -0.3 is 5.32 Å². The lowest BCUT2D eigenvalue weighted by Crippen LogP contribution is -2.13. The number of thioether (sulfide) groups is 1. The third kappa shape index (κ3) is 3.27. The number of rotatable bonds is 5. The maximum atomic E-state index is 4.08. The summed E-state index contributed by atoms with van der Waals surface area (Å²) in [5.74, 6) is 0. The molecule has 5 heteroatoms. The fourth-order valence-corrected chi connectivity index (χ4v) is 2.06. The van der Waals surface area contributed by atoms with Gasteiger partial charge in [-0.25, -0.2) is 4.98 Å². The molecule has 0 bridgehead atoms. The first-order chi connectivity index (χ1) is 7.84. The highest BCUT2D eigenvalue weighted by Crippen LogP contribution is 2.18. The van der Waals surface area contributed by atoms with Crippen molar-refractivity contribution in [1.29, 1.82) is 0 Å². The van der Waals surface area contributed by atoms with Crippen LogP contribution in [-0.2, 0) is 0 Å². The molecule has 2 aromatic rings. The normalized spacial score (nSPS) is 12.3. The van der Waals surface area contributed by atoms with E-state index in [1.165, 1.54) is 6.33 Å². The van der Waals surface area contributed by atoms with Gasteiger partial charge in [-0.1, -0.05) is 36.9 Å². The zero-order chi connectivity index (χ0) is 11.2. The number of hydrogen-bond donors (Lipinski definition) is 2. The van der Waals surface area contributed by atoms with E-state index in [9.17, 15) is 0 Å². The van der Waals surface area contributed by atoms with Gasteiger partial charge in [0.05, 0.1) is 0 Å². The van der Waals surface area contributed by atoms with Crippen molar-refractivity contribution in [1.82, 2.24) is 15.2 Å². The summed E-state index contributed by atoms with van der Waals surface area (Å²) in [6.07, 6.45) is 1.53. The van der Waals surface area contributed by atoms with Crippen LogP contribution >= 0.6 is 11.8 Å². The minimum Gasteiger partial charge on any atom is -0.384 e. The first-order valence-electron chi connectivity index (χ1n) is 5.15. The number of benzene rings is 1. The molecule has 0 saturated carbocycles. The Hall–Kier alpha value is -1.49. The van der Waals surface area contributed by atoms with Crippen LogP contribution in [0.5, 0.6) is 0 Å². The quantitative estimate of drug-likeness (QED) is 0.780. The van der Waals surface area contributed by atoms with Gasteiger partial charge in [-0.05, 0) is 12.1 Å². The number of aromatic nitrogens is 3. The Balaban J connectivity index is 1.78. The molecular weight excluding hydrogens is 220 g/mol. The van der Waals surface area contributed by atoms with Crippen molar-refractivity contribution in [3.63, 3.8) is 0 Å². The van der Waals surface area contributed by atoms with Crippen LogP contribution < -0.4 is 5.32 Å². The number of H-pyrrole nitrogens is 1. The van der Waals surface area contributed by atoms with E-state index < -0.39 is 0 Å². The molecule has 0 aliphatic carbocycles. The summed E-state index contributed by atoms with van der Waals surface area (Å²) in [5, 5.41) is 11.3. The van der Waals surface area contributed by atoms with Crippen molar-refractivity contribution in [2.75, 3.05) is 11.9 Å². The van der Waals surface area contributed by atoms with Gasteiger partial charge in [-0.15, -0.1) is 0 Å². The molecule has 1 unspecified atom stereocenters. The van der Waals surface area contributed by atoms with Gasteiger partial charge in [-0.2, -0.15) is 5.10 Å². The smallest absolute Gasteiger partial charge is 0.183 e. The van der Waals surface area contributed by atoms with Gasteiger partial charge >= 0.3 is 0 Å². The van der Waals surface area contributed by atoms with Crippen molar-refractivity contribution < 1.29 is 0 Å². The minimum absolute atomic E-state index is 0.438. The highest BCUT2D eigenvalue weighted by Gasteiger charge is 2.05. The lowest BCUT2D eigenvalue weighted by Gasteiger charge is -2.11. The molecule has 2 N–H and O–H groups in total. The van der Waals surface area contributed by atoms with Crippen LogP contribution in [0.2, 0.25) is 0 Å². The van der Waals surface area contributed by atoms with Gasteiger partial charge in [-0.3, -0.25) is 5.10 Å². The number of nitrogens with zero attached hydrogens (tertiary/aromatic N) is 2. The van der Waals surface area contributed by atoms with Gasteiger partial charge in [0.25, 0.3) is 0 Å². The molecular formula is C11H14N4S. The van der Waals surface area contributed by atoms with E-state index in [1.54, 1.807) is 11.8 Å². The zero-order valence-corrected chi connectivity index (χ0v) is 9.87. The second-order valence-electron chi connectivity index (χ2n) is 3.47. The van der Waals surface area contributed by atoms with Crippen molar-refractivity contribution in [2.24, 2.45) is 0 Å².